The minimum atomic E-state index is -5.18. The second-order valence-corrected chi connectivity index (χ2v) is 12.2. The summed E-state index contributed by atoms with van der Waals surface area (Å²) in [7, 11) is -5.18. The van der Waals surface area contributed by atoms with Crippen molar-refractivity contribution in [2.75, 3.05) is 13.2 Å². The number of alkyl carbamates (subject to hydrolysis) is 1. The molecule has 1 heterocycles. The molecule has 1 aliphatic heterocycles. The first-order valence-electron chi connectivity index (χ1n) is 12.4. The Morgan fingerprint density at radius 2 is 1.84 bits per heavy atom. The Morgan fingerprint density at radius 3 is 2.37 bits per heavy atom. The minimum Gasteiger partial charge on any atom is -0.746 e. The summed E-state index contributed by atoms with van der Waals surface area (Å²) in [6.07, 6.45) is 0.147. The van der Waals surface area contributed by atoms with Crippen molar-refractivity contribution in [3.8, 4) is 0 Å². The number of aliphatic hydroxyl groups excluding tert-OH is 1. The molecule has 0 spiro atoms. The minimum absolute atomic E-state index is 0. The van der Waals surface area contributed by atoms with E-state index in [0.717, 1.165) is 5.56 Å². The van der Waals surface area contributed by atoms with Crippen LogP contribution in [-0.4, -0.2) is 66.7 Å². The van der Waals surface area contributed by atoms with Crippen molar-refractivity contribution in [3.05, 3.63) is 35.9 Å². The van der Waals surface area contributed by atoms with E-state index in [2.05, 4.69) is 16.0 Å². The second-order valence-electron chi connectivity index (χ2n) is 10.7. The summed E-state index contributed by atoms with van der Waals surface area (Å²) in [6, 6.07) is 7.08. The van der Waals surface area contributed by atoms with Crippen LogP contribution >= 0.6 is 0 Å². The number of hydrogen-bond acceptors (Lipinski definition) is 8. The van der Waals surface area contributed by atoms with Crippen molar-refractivity contribution in [2.45, 2.75) is 70.9 Å². The molecule has 1 saturated heterocycles. The second kappa shape index (κ2) is 15.2. The van der Waals surface area contributed by atoms with Gasteiger partial charge in [0.2, 0.25) is 11.8 Å². The van der Waals surface area contributed by atoms with Gasteiger partial charge in [-0.3, -0.25) is 9.59 Å². The normalized spacial score (nSPS) is 18.1. The van der Waals surface area contributed by atoms with Crippen LogP contribution in [0.25, 0.3) is 0 Å². The van der Waals surface area contributed by atoms with E-state index < -0.39 is 45.6 Å². The van der Waals surface area contributed by atoms with Crippen molar-refractivity contribution in [3.63, 3.8) is 0 Å². The summed E-state index contributed by atoms with van der Waals surface area (Å²) in [5, 5.41) is 17.6. The monoisotopic (exact) mass is 563 g/mol. The summed E-state index contributed by atoms with van der Waals surface area (Å²) < 4.78 is 39.9. The Bertz CT molecular complexity index is 1040. The Labute approximate surface area is 246 Å². The molecule has 3 amide bonds. The molecule has 0 radical (unpaired) electrons. The Kier molecular flexibility index (Phi) is 13.7. The van der Waals surface area contributed by atoms with Gasteiger partial charge in [0, 0.05) is 17.9 Å². The third-order valence-electron chi connectivity index (χ3n) is 6.10. The molecule has 0 aromatic heterocycles. The van der Waals surface area contributed by atoms with Gasteiger partial charge in [0.1, 0.15) is 16.2 Å². The number of carbonyl (C=O) groups is 3. The Hall–Kier alpha value is -1.70. The molecule has 1 aliphatic rings. The molecule has 0 saturated carbocycles. The molecule has 4 atom stereocenters. The van der Waals surface area contributed by atoms with Crippen molar-refractivity contribution in [2.24, 2.45) is 17.3 Å². The third-order valence-corrected chi connectivity index (χ3v) is 7.02. The van der Waals surface area contributed by atoms with E-state index in [1.165, 1.54) is 0 Å². The molecular formula is C25H38N3NaO8S. The van der Waals surface area contributed by atoms with Crippen LogP contribution in [0, 0.1) is 17.3 Å². The number of nitrogens with one attached hydrogen (secondary N) is 3. The molecule has 0 bridgehead atoms. The zero-order valence-electron chi connectivity index (χ0n) is 22.7. The molecule has 11 nitrogen and oxygen atoms in total. The van der Waals surface area contributed by atoms with Crippen LogP contribution in [0.15, 0.2) is 30.3 Å². The van der Waals surface area contributed by atoms with Gasteiger partial charge >= 0.3 is 35.7 Å². The van der Waals surface area contributed by atoms with Gasteiger partial charge in [-0.15, -0.1) is 0 Å². The van der Waals surface area contributed by atoms with E-state index in [1.54, 1.807) is 0 Å². The maximum atomic E-state index is 13.1. The molecule has 2 rings (SSSR count). The van der Waals surface area contributed by atoms with Gasteiger partial charge in [-0.05, 0) is 37.2 Å². The van der Waals surface area contributed by atoms with Gasteiger partial charge in [-0.2, -0.15) is 0 Å². The van der Waals surface area contributed by atoms with E-state index in [0.29, 0.717) is 19.4 Å². The number of ether oxygens (including phenoxy) is 1. The van der Waals surface area contributed by atoms with Crippen molar-refractivity contribution < 1.29 is 66.8 Å². The summed E-state index contributed by atoms with van der Waals surface area (Å²) in [4.78, 5) is 37.6. The largest absolute Gasteiger partial charge is 1.00 e. The van der Waals surface area contributed by atoms with E-state index in [9.17, 15) is 32.5 Å². The van der Waals surface area contributed by atoms with Crippen LogP contribution in [-0.2, 0) is 30.9 Å². The molecule has 4 N–H and O–H groups in total. The molecule has 1 unspecified atom stereocenters. The number of hydrogen-bond donors (Lipinski definition) is 4. The zero-order valence-corrected chi connectivity index (χ0v) is 25.5. The van der Waals surface area contributed by atoms with Gasteiger partial charge < -0.3 is 30.3 Å². The first-order chi connectivity index (χ1) is 17.2. The maximum absolute atomic E-state index is 13.1. The molecule has 1 aromatic carbocycles. The smallest absolute Gasteiger partial charge is 0.746 e. The molecule has 0 aliphatic carbocycles. The first kappa shape index (κ1) is 34.3. The number of amides is 3. The summed E-state index contributed by atoms with van der Waals surface area (Å²) >= 11 is 0. The summed E-state index contributed by atoms with van der Waals surface area (Å²) in [5.41, 5.74) is -1.74. The molecule has 1 fully saturated rings. The Morgan fingerprint density at radius 1 is 1.21 bits per heavy atom. The topological polar surface area (TPSA) is 174 Å². The molecule has 1 aromatic rings. The molecule has 208 valence electrons. The van der Waals surface area contributed by atoms with Gasteiger partial charge in [-0.25, -0.2) is 13.2 Å². The fourth-order valence-electron chi connectivity index (χ4n) is 4.25. The zero-order chi connectivity index (χ0) is 27.8. The van der Waals surface area contributed by atoms with E-state index in [4.69, 9.17) is 4.74 Å². The van der Waals surface area contributed by atoms with Crippen LogP contribution < -0.4 is 45.5 Å². The van der Waals surface area contributed by atoms with Gasteiger partial charge in [0.15, 0.2) is 5.44 Å². The van der Waals surface area contributed by atoms with Gasteiger partial charge in [0.25, 0.3) is 0 Å². The molecular weight excluding hydrogens is 525 g/mol. The van der Waals surface area contributed by atoms with Gasteiger partial charge in [-0.1, -0.05) is 58.0 Å². The third kappa shape index (κ3) is 11.6. The predicted octanol–water partition coefficient (Wildman–Crippen LogP) is -1.73. The quantitative estimate of drug-likeness (QED) is 0.162. The van der Waals surface area contributed by atoms with E-state index in [1.807, 2.05) is 58.0 Å². The SMILES string of the molecule is CC(C)C[C@H](NC(=O)OCC(C)(C)Cc1ccccc1)C(=O)N[C@@H](C[C@@H]1CCNC1=O)C(O)S(=O)(=O)[O-].[Na+]. The average Bonchev–Trinajstić information content (AvgIpc) is 3.20. The number of carbonyl (C=O) groups excluding carboxylic acids is 3. The fraction of sp³-hybridized carbons (Fsp3) is 0.640. The van der Waals surface area contributed by atoms with Crippen LogP contribution in [0.2, 0.25) is 0 Å². The maximum Gasteiger partial charge on any atom is 1.00 e. The van der Waals surface area contributed by atoms with Crippen molar-refractivity contribution in [1.29, 1.82) is 0 Å². The van der Waals surface area contributed by atoms with Crippen LogP contribution in [0.3, 0.4) is 0 Å². The summed E-state index contributed by atoms with van der Waals surface area (Å²) in [6.45, 7) is 7.99. The number of aliphatic hydroxyl groups is 1. The average molecular weight is 564 g/mol. The van der Waals surface area contributed by atoms with Gasteiger partial charge in [0.05, 0.1) is 12.6 Å². The number of rotatable bonds is 13. The fourth-order valence-corrected chi connectivity index (χ4v) is 4.84. The first-order valence-corrected chi connectivity index (χ1v) is 13.8. The summed E-state index contributed by atoms with van der Waals surface area (Å²) in [5.74, 6) is -1.86. The standard InChI is InChI=1S/C25H39N3O8S.Na/c1-16(2)12-19(28-24(32)36-15-25(3,4)14-17-8-6-5-7-9-17)22(30)27-20(23(31)37(33,34)35)13-18-10-11-26-21(18)29;/h5-9,16,18-20,23,31H,10-15H2,1-4H3,(H,26,29)(H,27,30)(H,28,32)(H,33,34,35);/q;+1/p-1/t18-,19-,20-,23?;/m0./s1. The predicted molar refractivity (Wildman–Crippen MR) is 135 cm³/mol. The van der Waals surface area contributed by atoms with E-state index >= 15 is 0 Å². The Balaban J connectivity index is 0.00000722. The van der Waals surface area contributed by atoms with Crippen molar-refractivity contribution >= 4 is 28.0 Å². The van der Waals surface area contributed by atoms with Crippen LogP contribution in [0.1, 0.15) is 52.5 Å². The molecule has 13 heteroatoms. The molecule has 38 heavy (non-hydrogen) atoms. The van der Waals surface area contributed by atoms with E-state index in [-0.39, 0.29) is 66.2 Å². The number of benzene rings is 1. The van der Waals surface area contributed by atoms with Crippen molar-refractivity contribution in [1.82, 2.24) is 16.0 Å². The van der Waals surface area contributed by atoms with Crippen LogP contribution in [0.4, 0.5) is 4.79 Å². The van der Waals surface area contributed by atoms with Crippen LogP contribution in [0.5, 0.6) is 0 Å².